The molecule has 0 aliphatic carbocycles. The Bertz CT molecular complexity index is 2410. The molecule has 5 aromatic carbocycles. The molecule has 0 fully saturated rings. The van der Waals surface area contributed by atoms with Gasteiger partial charge in [-0.15, -0.1) is 0 Å². The van der Waals surface area contributed by atoms with Crippen LogP contribution < -0.4 is 10.6 Å². The van der Waals surface area contributed by atoms with Crippen LogP contribution in [0.1, 0.15) is 175 Å². The van der Waals surface area contributed by atoms with Crippen molar-refractivity contribution in [1.82, 2.24) is 0 Å². The Labute approximate surface area is 344 Å². The van der Waals surface area contributed by atoms with Crippen molar-refractivity contribution in [3.63, 3.8) is 0 Å². The van der Waals surface area contributed by atoms with Crippen molar-refractivity contribution >= 4 is 45.2 Å². The van der Waals surface area contributed by atoms with E-state index < -0.39 is 18.1 Å². The number of carbonyl (C=O) groups excluding carboxylic acids is 1. The first kappa shape index (κ1) is 44.7. The Morgan fingerprint density at radius 3 is 1.21 bits per heavy atom. The molecule has 0 radical (unpaired) electrons. The van der Waals surface area contributed by atoms with Crippen LogP contribution in [0, 0.1) is 0 Å². The van der Waals surface area contributed by atoms with Gasteiger partial charge in [0.1, 0.15) is 0 Å². The first-order valence-electron chi connectivity index (χ1n) is 20.6. The molecule has 0 saturated heterocycles. The summed E-state index contributed by atoms with van der Waals surface area (Å²) in [6.45, 7) is 40.6. The zero-order valence-corrected chi connectivity index (χ0v) is 39.4. The summed E-state index contributed by atoms with van der Waals surface area (Å²) < 4.78 is 0. The van der Waals surface area contributed by atoms with E-state index in [2.05, 4.69) is 146 Å². The molecule has 0 unspecified atom stereocenters. The van der Waals surface area contributed by atoms with Gasteiger partial charge in [0.2, 0.25) is 0 Å². The molecule has 0 aliphatic heterocycles. The molecule has 0 spiro atoms. The van der Waals surface area contributed by atoms with Crippen molar-refractivity contribution in [2.75, 3.05) is 0 Å². The van der Waals surface area contributed by atoms with Gasteiger partial charge in [-0.25, -0.2) is 0 Å². The van der Waals surface area contributed by atoms with Crippen LogP contribution in [-0.4, -0.2) is 20.5 Å². The van der Waals surface area contributed by atoms with E-state index in [9.17, 15) is 19.5 Å². The number of hydrogen-bond donors (Lipinski definition) is 3. The Kier molecular flexibility index (Phi) is 10.6. The van der Waals surface area contributed by atoms with E-state index in [-0.39, 0.29) is 38.1 Å². The first-order chi connectivity index (χ1) is 25.4. The summed E-state index contributed by atoms with van der Waals surface area (Å²) in [7, 11) is -6.02. The van der Waals surface area contributed by atoms with E-state index >= 15 is 0 Å². The number of carbonyl (C=O) groups is 1. The zero-order chi connectivity index (χ0) is 43.5. The van der Waals surface area contributed by atoms with Crippen molar-refractivity contribution in [3.05, 3.63) is 106 Å². The Hall–Kier alpha value is -3.40. The number of Topliss-reactive ketones (excluding diaryl/α,β-unsaturated/α-hetero) is 1. The molecule has 0 heterocycles. The Morgan fingerprint density at radius 2 is 0.825 bits per heavy atom. The SMILES string of the molecule is CC(=O)c1ccc(P(O)(O)(O)c2cc3c(C(C)(C)C)cc(C(C)(C)C)cc3cc2C(C)(C)C)c(-c2cc3c(C(C)(C)C)cc(C(C)(C)C)cc3cc2C(C)(C)C)c1. The third-order valence-electron chi connectivity index (χ3n) is 11.7. The molecule has 57 heavy (non-hydrogen) atoms. The van der Waals surface area contributed by atoms with E-state index in [1.807, 2.05) is 26.8 Å². The minimum atomic E-state index is -6.02. The number of benzene rings is 5. The summed E-state index contributed by atoms with van der Waals surface area (Å²) in [5.41, 5.74) is 6.31. The van der Waals surface area contributed by atoms with Crippen LogP contribution in [-0.2, 0) is 32.5 Å². The molecule has 4 nitrogen and oxygen atoms in total. The molecular formula is C52H71O4P. The Morgan fingerprint density at radius 1 is 0.421 bits per heavy atom. The number of ketones is 1. The van der Waals surface area contributed by atoms with Crippen molar-refractivity contribution in [2.45, 2.75) is 164 Å². The Balaban J connectivity index is 2.02. The summed E-state index contributed by atoms with van der Waals surface area (Å²) >= 11 is 0. The average molecular weight is 791 g/mol. The van der Waals surface area contributed by atoms with Crippen molar-refractivity contribution in [2.24, 2.45) is 0 Å². The van der Waals surface area contributed by atoms with Gasteiger partial charge < -0.3 is 0 Å². The van der Waals surface area contributed by atoms with E-state index in [1.165, 1.54) is 23.6 Å². The monoisotopic (exact) mass is 791 g/mol. The molecular weight excluding hydrogens is 720 g/mol. The van der Waals surface area contributed by atoms with Crippen LogP contribution in [0.2, 0.25) is 0 Å². The summed E-state index contributed by atoms with van der Waals surface area (Å²) in [6, 6.07) is 22.3. The standard InChI is InChI=1S/C52H71O4P/c1-31(53)32-20-21-45(40(24-32)39-29-37-33(25-41(39)49(8,9)10)22-35(47(2,3)4)27-42(37)50(11,12)13)57(54,55,56)46-30-38-34(26-44(46)52(17,18)19)23-36(48(5,6)7)28-43(38)51(14,15)16/h20-30,54-56H,1-19H3. The van der Waals surface area contributed by atoms with Gasteiger partial charge in [-0.1, -0.05) is 0 Å². The maximum absolute atomic E-state index is 13.1. The maximum atomic E-state index is 13.1. The van der Waals surface area contributed by atoms with Gasteiger partial charge in [0.25, 0.3) is 0 Å². The van der Waals surface area contributed by atoms with E-state index in [0.29, 0.717) is 16.7 Å². The molecule has 0 aliphatic rings. The molecule has 308 valence electrons. The van der Waals surface area contributed by atoms with Crippen molar-refractivity contribution in [3.8, 4) is 11.1 Å². The molecule has 5 aromatic rings. The second-order valence-electron chi connectivity index (χ2n) is 23.0. The molecule has 0 aromatic heterocycles. The normalized spacial score (nSPS) is 14.6. The fraction of sp³-hybridized carbons (Fsp3) is 0.481. The van der Waals surface area contributed by atoms with E-state index in [1.54, 1.807) is 18.2 Å². The van der Waals surface area contributed by atoms with Gasteiger partial charge in [-0.05, 0) is 0 Å². The number of hydrogen-bond acceptors (Lipinski definition) is 4. The van der Waals surface area contributed by atoms with Gasteiger partial charge in [0, 0.05) is 0 Å². The molecule has 0 saturated carbocycles. The molecule has 5 heteroatoms. The second-order valence-corrected chi connectivity index (χ2v) is 25.9. The quantitative estimate of drug-likeness (QED) is 0.125. The summed E-state index contributed by atoms with van der Waals surface area (Å²) in [4.78, 5) is 52.6. The summed E-state index contributed by atoms with van der Waals surface area (Å²) in [5, 5.41) is 4.17. The third-order valence-corrected chi connectivity index (χ3v) is 14.2. The second kappa shape index (κ2) is 13.6. The molecule has 0 bridgehead atoms. The molecule has 0 amide bonds. The van der Waals surface area contributed by atoms with Crippen LogP contribution >= 0.6 is 7.28 Å². The molecule has 5 rings (SSSR count). The predicted molar refractivity (Wildman–Crippen MR) is 248 cm³/mol. The average Bonchev–Trinajstić information content (AvgIpc) is 3.02. The van der Waals surface area contributed by atoms with Crippen LogP contribution in [0.4, 0.5) is 0 Å². The van der Waals surface area contributed by atoms with Gasteiger partial charge >= 0.3 is 346 Å². The van der Waals surface area contributed by atoms with Crippen LogP contribution in [0.3, 0.4) is 0 Å². The fourth-order valence-electron chi connectivity index (χ4n) is 8.16. The minimum absolute atomic E-state index is 0.0212. The molecule has 0 atom stereocenters. The van der Waals surface area contributed by atoms with Crippen LogP contribution in [0.25, 0.3) is 32.7 Å². The van der Waals surface area contributed by atoms with Gasteiger partial charge in [0.15, 0.2) is 0 Å². The fourth-order valence-corrected chi connectivity index (χ4v) is 10.6. The third kappa shape index (κ3) is 8.54. The van der Waals surface area contributed by atoms with Crippen LogP contribution in [0.15, 0.2) is 66.7 Å². The number of rotatable bonds is 4. The summed E-state index contributed by atoms with van der Waals surface area (Å²) in [6.07, 6.45) is 0. The van der Waals surface area contributed by atoms with Gasteiger partial charge in [-0.2, -0.15) is 0 Å². The number of fused-ring (bicyclic) bond motifs is 2. The predicted octanol–water partition coefficient (Wildman–Crippen LogP) is 12.9. The van der Waals surface area contributed by atoms with Gasteiger partial charge in [-0.3, -0.25) is 0 Å². The first-order valence-corrected chi connectivity index (χ1v) is 22.7. The van der Waals surface area contributed by atoms with Crippen molar-refractivity contribution < 1.29 is 19.5 Å². The zero-order valence-electron chi connectivity index (χ0n) is 38.5. The van der Waals surface area contributed by atoms with Crippen LogP contribution in [0.5, 0.6) is 0 Å². The van der Waals surface area contributed by atoms with Crippen molar-refractivity contribution in [1.29, 1.82) is 0 Å². The van der Waals surface area contributed by atoms with E-state index in [4.69, 9.17) is 0 Å². The topological polar surface area (TPSA) is 77.8 Å². The van der Waals surface area contributed by atoms with E-state index in [0.717, 1.165) is 38.2 Å². The molecule has 3 N–H and O–H groups in total. The summed E-state index contributed by atoms with van der Waals surface area (Å²) in [5.74, 6) is -0.147. The van der Waals surface area contributed by atoms with Gasteiger partial charge in [0.05, 0.1) is 0 Å².